The Morgan fingerprint density at radius 1 is 1.11 bits per heavy atom. The van der Waals surface area contributed by atoms with E-state index in [2.05, 4.69) is 10.6 Å². The first-order valence-electron chi connectivity index (χ1n) is 5.51. The standard InChI is InChI=1S/C13H12N2O2S/c1-8(9-5-3-2-4-6-9)7-10-11(16)14-13(18)15-12(10)17/h2-8H,1H3,(H2,14,15,16,17,18)/t8-/m1/s1. The number of carbonyl (C=O) groups excluding carboxylic acids is 2. The Bertz CT molecular complexity index is 515. The summed E-state index contributed by atoms with van der Waals surface area (Å²) in [5, 5.41) is 4.87. The lowest BCUT2D eigenvalue weighted by Crippen LogP contribution is -2.51. The number of nitrogens with one attached hydrogen (secondary N) is 2. The van der Waals surface area contributed by atoms with Gasteiger partial charge in [0.2, 0.25) is 0 Å². The first-order valence-corrected chi connectivity index (χ1v) is 5.92. The second-order valence-corrected chi connectivity index (χ2v) is 4.43. The van der Waals surface area contributed by atoms with Gasteiger partial charge in [0.25, 0.3) is 11.8 Å². The molecule has 4 nitrogen and oxygen atoms in total. The predicted molar refractivity (Wildman–Crippen MR) is 71.8 cm³/mol. The molecule has 18 heavy (non-hydrogen) atoms. The second kappa shape index (κ2) is 5.10. The van der Waals surface area contributed by atoms with Gasteiger partial charge >= 0.3 is 0 Å². The van der Waals surface area contributed by atoms with E-state index in [9.17, 15) is 9.59 Å². The molecule has 0 unspecified atom stereocenters. The summed E-state index contributed by atoms with van der Waals surface area (Å²) in [6, 6.07) is 9.65. The lowest BCUT2D eigenvalue weighted by molar-refractivity contribution is -0.123. The van der Waals surface area contributed by atoms with Gasteiger partial charge in [-0.15, -0.1) is 0 Å². The molecule has 92 valence electrons. The van der Waals surface area contributed by atoms with Crippen LogP contribution in [0.4, 0.5) is 0 Å². The molecular formula is C13H12N2O2S. The van der Waals surface area contributed by atoms with E-state index in [1.807, 2.05) is 37.3 Å². The van der Waals surface area contributed by atoms with Crippen LogP contribution in [0.1, 0.15) is 18.4 Å². The molecule has 1 fully saturated rings. The molecule has 2 rings (SSSR count). The van der Waals surface area contributed by atoms with Crippen LogP contribution in [0.3, 0.4) is 0 Å². The van der Waals surface area contributed by atoms with Crippen molar-refractivity contribution in [3.63, 3.8) is 0 Å². The Labute approximate surface area is 110 Å². The molecule has 0 saturated carbocycles. The number of benzene rings is 1. The van der Waals surface area contributed by atoms with E-state index in [4.69, 9.17) is 12.2 Å². The number of hydrogen-bond donors (Lipinski definition) is 2. The Morgan fingerprint density at radius 2 is 1.67 bits per heavy atom. The molecule has 1 aromatic rings. The quantitative estimate of drug-likeness (QED) is 0.478. The lowest BCUT2D eigenvalue weighted by Gasteiger charge is -2.17. The van der Waals surface area contributed by atoms with Crippen molar-refractivity contribution in [1.82, 2.24) is 10.6 Å². The highest BCUT2D eigenvalue weighted by Crippen LogP contribution is 2.18. The Morgan fingerprint density at radius 3 is 2.22 bits per heavy atom. The fourth-order valence-electron chi connectivity index (χ4n) is 1.73. The van der Waals surface area contributed by atoms with Gasteiger partial charge < -0.3 is 0 Å². The van der Waals surface area contributed by atoms with Crippen molar-refractivity contribution in [3.8, 4) is 0 Å². The van der Waals surface area contributed by atoms with Crippen LogP contribution in [-0.4, -0.2) is 16.9 Å². The van der Waals surface area contributed by atoms with Crippen molar-refractivity contribution in [3.05, 3.63) is 47.5 Å². The number of allylic oxidation sites excluding steroid dienone is 1. The first kappa shape index (κ1) is 12.4. The van der Waals surface area contributed by atoms with E-state index in [0.29, 0.717) is 0 Å². The third-order valence-electron chi connectivity index (χ3n) is 2.69. The summed E-state index contributed by atoms with van der Waals surface area (Å²) in [7, 11) is 0. The van der Waals surface area contributed by atoms with Gasteiger partial charge in [0.05, 0.1) is 0 Å². The molecule has 1 aromatic carbocycles. The maximum atomic E-state index is 11.7. The van der Waals surface area contributed by atoms with Crippen LogP contribution in [0.5, 0.6) is 0 Å². The topological polar surface area (TPSA) is 58.2 Å². The molecular weight excluding hydrogens is 248 g/mol. The van der Waals surface area contributed by atoms with Crippen molar-refractivity contribution in [2.75, 3.05) is 0 Å². The summed E-state index contributed by atoms with van der Waals surface area (Å²) in [6.45, 7) is 1.93. The number of rotatable bonds is 2. The van der Waals surface area contributed by atoms with Gasteiger partial charge in [-0.05, 0) is 17.8 Å². The van der Waals surface area contributed by atoms with E-state index < -0.39 is 11.8 Å². The van der Waals surface area contributed by atoms with Crippen molar-refractivity contribution in [2.45, 2.75) is 12.8 Å². The van der Waals surface area contributed by atoms with Crippen LogP contribution in [0.25, 0.3) is 0 Å². The molecule has 0 bridgehead atoms. The van der Waals surface area contributed by atoms with E-state index in [0.717, 1.165) is 5.56 Å². The highest BCUT2D eigenvalue weighted by molar-refractivity contribution is 7.80. The maximum Gasteiger partial charge on any atom is 0.262 e. The van der Waals surface area contributed by atoms with Gasteiger partial charge in [-0.2, -0.15) is 0 Å². The zero-order valence-corrected chi connectivity index (χ0v) is 10.6. The minimum absolute atomic E-state index is 0.0237. The van der Waals surface area contributed by atoms with Crippen molar-refractivity contribution < 1.29 is 9.59 Å². The van der Waals surface area contributed by atoms with Crippen LogP contribution >= 0.6 is 12.2 Å². The minimum Gasteiger partial charge on any atom is -0.299 e. The van der Waals surface area contributed by atoms with Gasteiger partial charge in [-0.1, -0.05) is 43.3 Å². The average Bonchev–Trinajstić information content (AvgIpc) is 2.34. The smallest absolute Gasteiger partial charge is 0.262 e. The SMILES string of the molecule is C[C@H](C=C1C(=O)NC(=S)NC1=O)c1ccccc1. The predicted octanol–water partition coefficient (Wildman–Crippen LogP) is 1.25. The van der Waals surface area contributed by atoms with E-state index in [1.165, 1.54) is 0 Å². The molecule has 5 heteroatoms. The van der Waals surface area contributed by atoms with E-state index in [-0.39, 0.29) is 16.6 Å². The Balaban J connectivity index is 2.25. The average molecular weight is 260 g/mol. The van der Waals surface area contributed by atoms with Crippen LogP contribution in [0, 0.1) is 0 Å². The Hall–Kier alpha value is -2.01. The molecule has 0 spiro atoms. The molecule has 1 saturated heterocycles. The van der Waals surface area contributed by atoms with Crippen LogP contribution in [0.15, 0.2) is 42.0 Å². The van der Waals surface area contributed by atoms with Crippen molar-refractivity contribution in [2.24, 2.45) is 0 Å². The second-order valence-electron chi connectivity index (χ2n) is 4.02. The van der Waals surface area contributed by atoms with Crippen molar-refractivity contribution >= 4 is 29.1 Å². The number of thiocarbonyl (C=S) groups is 1. The summed E-state index contributed by atoms with van der Waals surface area (Å²) in [6.07, 6.45) is 1.64. The highest BCUT2D eigenvalue weighted by atomic mass is 32.1. The molecule has 1 aliphatic rings. The lowest BCUT2D eigenvalue weighted by atomic mass is 9.97. The zero-order valence-electron chi connectivity index (χ0n) is 9.77. The van der Waals surface area contributed by atoms with Gasteiger partial charge in [-0.25, -0.2) is 0 Å². The molecule has 0 aliphatic carbocycles. The molecule has 1 heterocycles. The fourth-order valence-corrected chi connectivity index (χ4v) is 1.91. The molecule has 0 aromatic heterocycles. The normalized spacial score (nSPS) is 16.9. The van der Waals surface area contributed by atoms with Gasteiger partial charge in [0.15, 0.2) is 5.11 Å². The van der Waals surface area contributed by atoms with Crippen LogP contribution < -0.4 is 10.6 Å². The largest absolute Gasteiger partial charge is 0.299 e. The van der Waals surface area contributed by atoms with Crippen molar-refractivity contribution in [1.29, 1.82) is 0 Å². The van der Waals surface area contributed by atoms with Crippen LogP contribution in [0.2, 0.25) is 0 Å². The third-order valence-corrected chi connectivity index (χ3v) is 2.89. The first-order chi connectivity index (χ1) is 8.58. The summed E-state index contributed by atoms with van der Waals surface area (Å²) in [4.78, 5) is 23.3. The highest BCUT2D eigenvalue weighted by Gasteiger charge is 2.26. The summed E-state index contributed by atoms with van der Waals surface area (Å²) in [5.41, 5.74) is 1.14. The van der Waals surface area contributed by atoms with E-state index in [1.54, 1.807) is 6.08 Å². The summed E-state index contributed by atoms with van der Waals surface area (Å²) < 4.78 is 0. The molecule has 0 radical (unpaired) electrons. The number of hydrogen-bond acceptors (Lipinski definition) is 3. The third kappa shape index (κ3) is 2.62. The molecule has 2 N–H and O–H groups in total. The molecule has 1 aliphatic heterocycles. The van der Waals surface area contributed by atoms with E-state index >= 15 is 0 Å². The van der Waals surface area contributed by atoms with Crippen LogP contribution in [-0.2, 0) is 9.59 Å². The zero-order chi connectivity index (χ0) is 13.1. The summed E-state index contributed by atoms with van der Waals surface area (Å²) >= 11 is 4.73. The monoisotopic (exact) mass is 260 g/mol. The number of carbonyl (C=O) groups is 2. The molecule has 2 amide bonds. The fraction of sp³-hybridized carbons (Fsp3) is 0.154. The number of amides is 2. The Kier molecular flexibility index (Phi) is 3.53. The summed E-state index contributed by atoms with van der Waals surface area (Å²) in [5.74, 6) is -0.928. The molecule has 1 atom stereocenters. The van der Waals surface area contributed by atoms with Gasteiger partial charge in [0, 0.05) is 5.92 Å². The maximum absolute atomic E-state index is 11.7. The van der Waals surface area contributed by atoms with Gasteiger partial charge in [-0.3, -0.25) is 20.2 Å². The minimum atomic E-state index is -0.452. The van der Waals surface area contributed by atoms with Gasteiger partial charge in [0.1, 0.15) is 5.57 Å².